The minimum absolute atomic E-state index is 0.268. The molecule has 20 heavy (non-hydrogen) atoms. The van der Waals surface area contributed by atoms with Gasteiger partial charge in [-0.3, -0.25) is 0 Å². The molecule has 3 rings (SSSR count). The smallest absolute Gasteiger partial charge is 0.123 e. The molecule has 0 radical (unpaired) electrons. The van der Waals surface area contributed by atoms with Gasteiger partial charge in [-0.2, -0.15) is 0 Å². The summed E-state index contributed by atoms with van der Waals surface area (Å²) in [5.74, 6) is -0.418. The SMILES string of the molecule is OC(Cn1cnc2ccccc21)c1cc(F)ccc1Cl. The van der Waals surface area contributed by atoms with E-state index in [9.17, 15) is 9.50 Å². The number of fused-ring (bicyclic) bond motifs is 1. The van der Waals surface area contributed by atoms with Crippen LogP contribution in [0.1, 0.15) is 11.7 Å². The molecule has 1 atom stereocenters. The number of hydrogen-bond acceptors (Lipinski definition) is 2. The summed E-state index contributed by atoms with van der Waals surface area (Å²) in [4.78, 5) is 4.25. The highest BCUT2D eigenvalue weighted by Gasteiger charge is 2.14. The van der Waals surface area contributed by atoms with Crippen LogP contribution in [-0.2, 0) is 6.54 Å². The standard InChI is InChI=1S/C15H12ClFN2O/c16-12-6-5-10(17)7-11(12)15(20)8-19-9-18-13-3-1-2-4-14(13)19/h1-7,9,15,20H,8H2. The summed E-state index contributed by atoms with van der Waals surface area (Å²) in [6.45, 7) is 0.268. The zero-order chi connectivity index (χ0) is 14.1. The molecule has 3 aromatic rings. The van der Waals surface area contributed by atoms with E-state index in [1.807, 2.05) is 28.8 Å². The maximum absolute atomic E-state index is 13.3. The third-order valence-corrected chi connectivity index (χ3v) is 3.56. The Labute approximate surface area is 120 Å². The summed E-state index contributed by atoms with van der Waals surface area (Å²) >= 11 is 6.00. The van der Waals surface area contributed by atoms with E-state index < -0.39 is 11.9 Å². The van der Waals surface area contributed by atoms with Crippen LogP contribution in [0.25, 0.3) is 11.0 Å². The van der Waals surface area contributed by atoms with Crippen molar-refractivity contribution in [1.29, 1.82) is 0 Å². The molecule has 0 amide bonds. The Bertz CT molecular complexity index is 756. The molecule has 1 unspecified atom stereocenters. The lowest BCUT2D eigenvalue weighted by Crippen LogP contribution is -2.08. The molecule has 3 nitrogen and oxygen atoms in total. The number of nitrogens with zero attached hydrogens (tertiary/aromatic N) is 2. The fourth-order valence-corrected chi connectivity index (χ4v) is 2.45. The number of halogens is 2. The molecule has 0 aliphatic carbocycles. The van der Waals surface area contributed by atoms with Crippen molar-refractivity contribution in [2.24, 2.45) is 0 Å². The lowest BCUT2D eigenvalue weighted by atomic mass is 10.1. The van der Waals surface area contributed by atoms with Crippen LogP contribution in [-0.4, -0.2) is 14.7 Å². The van der Waals surface area contributed by atoms with Gasteiger partial charge in [0.25, 0.3) is 0 Å². The van der Waals surface area contributed by atoms with Crippen molar-refractivity contribution in [3.63, 3.8) is 0 Å². The summed E-state index contributed by atoms with van der Waals surface area (Å²) < 4.78 is 15.1. The van der Waals surface area contributed by atoms with Crippen molar-refractivity contribution in [3.05, 3.63) is 65.2 Å². The maximum Gasteiger partial charge on any atom is 0.123 e. The Morgan fingerprint density at radius 3 is 2.90 bits per heavy atom. The van der Waals surface area contributed by atoms with Crippen LogP contribution in [0.15, 0.2) is 48.8 Å². The van der Waals surface area contributed by atoms with Crippen LogP contribution in [0.4, 0.5) is 4.39 Å². The van der Waals surface area contributed by atoms with Gasteiger partial charge in [0.2, 0.25) is 0 Å². The highest BCUT2D eigenvalue weighted by Crippen LogP contribution is 2.26. The third-order valence-electron chi connectivity index (χ3n) is 3.21. The van der Waals surface area contributed by atoms with E-state index >= 15 is 0 Å². The van der Waals surface area contributed by atoms with Gasteiger partial charge in [-0.15, -0.1) is 0 Å². The zero-order valence-corrected chi connectivity index (χ0v) is 11.3. The Hall–Kier alpha value is -1.91. The van der Waals surface area contributed by atoms with E-state index in [0.29, 0.717) is 10.6 Å². The van der Waals surface area contributed by atoms with Crippen molar-refractivity contribution >= 4 is 22.6 Å². The molecule has 0 saturated heterocycles. The molecular weight excluding hydrogens is 279 g/mol. The van der Waals surface area contributed by atoms with Crippen LogP contribution in [0, 0.1) is 5.82 Å². The highest BCUT2D eigenvalue weighted by atomic mass is 35.5. The molecule has 1 aromatic heterocycles. The zero-order valence-electron chi connectivity index (χ0n) is 10.5. The second-order valence-corrected chi connectivity index (χ2v) is 4.97. The fourth-order valence-electron chi connectivity index (χ4n) is 2.21. The summed E-state index contributed by atoms with van der Waals surface area (Å²) in [7, 11) is 0. The number of aliphatic hydroxyl groups is 1. The van der Waals surface area contributed by atoms with Crippen molar-refractivity contribution in [2.75, 3.05) is 0 Å². The van der Waals surface area contributed by atoms with Crippen LogP contribution >= 0.6 is 11.6 Å². The predicted molar refractivity (Wildman–Crippen MR) is 76.1 cm³/mol. The summed E-state index contributed by atoms with van der Waals surface area (Å²) in [6.07, 6.45) is 0.761. The van der Waals surface area contributed by atoms with Gasteiger partial charge >= 0.3 is 0 Å². The van der Waals surface area contributed by atoms with Crippen LogP contribution in [0.5, 0.6) is 0 Å². The summed E-state index contributed by atoms with van der Waals surface area (Å²) in [6, 6.07) is 11.6. The quantitative estimate of drug-likeness (QED) is 0.801. The normalized spacial score (nSPS) is 12.8. The fraction of sp³-hybridized carbons (Fsp3) is 0.133. The highest BCUT2D eigenvalue weighted by molar-refractivity contribution is 6.31. The number of rotatable bonds is 3. The van der Waals surface area contributed by atoms with E-state index in [1.165, 1.54) is 18.2 Å². The van der Waals surface area contributed by atoms with Crippen LogP contribution in [0.2, 0.25) is 5.02 Å². The molecule has 1 heterocycles. The average Bonchev–Trinajstić information content (AvgIpc) is 2.85. The molecule has 0 bridgehead atoms. The second kappa shape index (κ2) is 5.23. The lowest BCUT2D eigenvalue weighted by Gasteiger charge is -2.14. The van der Waals surface area contributed by atoms with Gasteiger partial charge in [-0.05, 0) is 30.3 Å². The van der Waals surface area contributed by atoms with E-state index in [2.05, 4.69) is 4.98 Å². The molecular formula is C15H12ClFN2O. The maximum atomic E-state index is 13.3. The van der Waals surface area contributed by atoms with Crippen molar-refractivity contribution in [2.45, 2.75) is 12.6 Å². The Morgan fingerprint density at radius 2 is 2.05 bits per heavy atom. The molecule has 0 saturated carbocycles. The summed E-state index contributed by atoms with van der Waals surface area (Å²) in [5, 5.41) is 10.6. The van der Waals surface area contributed by atoms with Gasteiger partial charge in [0, 0.05) is 10.6 Å². The first-order valence-corrected chi connectivity index (χ1v) is 6.56. The second-order valence-electron chi connectivity index (χ2n) is 4.57. The first-order valence-electron chi connectivity index (χ1n) is 6.18. The first kappa shape index (κ1) is 13.1. The van der Waals surface area contributed by atoms with E-state index in [0.717, 1.165) is 11.0 Å². The van der Waals surface area contributed by atoms with Crippen LogP contribution < -0.4 is 0 Å². The molecule has 102 valence electrons. The van der Waals surface area contributed by atoms with Crippen molar-refractivity contribution < 1.29 is 9.50 Å². The lowest BCUT2D eigenvalue weighted by molar-refractivity contribution is 0.157. The monoisotopic (exact) mass is 290 g/mol. The van der Waals surface area contributed by atoms with Crippen molar-refractivity contribution in [1.82, 2.24) is 9.55 Å². The molecule has 0 aliphatic rings. The van der Waals surface area contributed by atoms with Gasteiger partial charge in [-0.1, -0.05) is 23.7 Å². The molecule has 0 fully saturated rings. The Kier molecular flexibility index (Phi) is 3.42. The molecule has 5 heteroatoms. The van der Waals surface area contributed by atoms with E-state index in [4.69, 9.17) is 11.6 Å². The number of benzene rings is 2. The van der Waals surface area contributed by atoms with Gasteiger partial charge in [-0.25, -0.2) is 9.37 Å². The number of aromatic nitrogens is 2. The Balaban J connectivity index is 1.92. The van der Waals surface area contributed by atoms with E-state index in [-0.39, 0.29) is 6.54 Å². The molecule has 2 aromatic carbocycles. The number of hydrogen-bond donors (Lipinski definition) is 1. The number of imidazole rings is 1. The first-order chi connectivity index (χ1) is 9.65. The van der Waals surface area contributed by atoms with Gasteiger partial charge in [0.05, 0.1) is 30.0 Å². The van der Waals surface area contributed by atoms with Crippen molar-refractivity contribution in [3.8, 4) is 0 Å². The minimum atomic E-state index is -0.893. The predicted octanol–water partition coefficient (Wildman–Crippen LogP) is 3.56. The number of para-hydroxylation sites is 2. The van der Waals surface area contributed by atoms with E-state index in [1.54, 1.807) is 6.33 Å². The molecule has 0 aliphatic heterocycles. The Morgan fingerprint density at radius 1 is 1.25 bits per heavy atom. The van der Waals surface area contributed by atoms with Gasteiger partial charge in [0.1, 0.15) is 5.82 Å². The summed E-state index contributed by atoms with van der Waals surface area (Å²) in [5.41, 5.74) is 2.15. The number of aliphatic hydroxyl groups excluding tert-OH is 1. The van der Waals surface area contributed by atoms with Gasteiger partial charge < -0.3 is 9.67 Å². The average molecular weight is 291 g/mol. The minimum Gasteiger partial charge on any atom is -0.386 e. The molecule has 1 N–H and O–H groups in total. The largest absolute Gasteiger partial charge is 0.386 e. The third kappa shape index (κ3) is 2.40. The molecule has 0 spiro atoms. The topological polar surface area (TPSA) is 38.0 Å². The van der Waals surface area contributed by atoms with Crippen LogP contribution in [0.3, 0.4) is 0 Å². The van der Waals surface area contributed by atoms with Gasteiger partial charge in [0.15, 0.2) is 0 Å².